The molecule has 0 aliphatic heterocycles. The zero-order valence-electron chi connectivity index (χ0n) is 12.5. The van der Waals surface area contributed by atoms with Crippen LogP contribution in [0.2, 0.25) is 0 Å². The lowest BCUT2D eigenvalue weighted by atomic mass is 10.0. The fraction of sp³-hybridized carbons (Fsp3) is 0.471. The monoisotopic (exact) mass is 300 g/mol. The van der Waals surface area contributed by atoms with Crippen molar-refractivity contribution in [1.29, 1.82) is 5.26 Å². The Morgan fingerprint density at radius 3 is 2.82 bits per heavy atom. The molecule has 0 atom stereocenters. The van der Waals surface area contributed by atoms with Crippen LogP contribution in [0.5, 0.6) is 0 Å². The first kappa shape index (κ1) is 16.0. The van der Waals surface area contributed by atoms with Crippen molar-refractivity contribution in [2.75, 3.05) is 11.9 Å². The fourth-order valence-electron chi connectivity index (χ4n) is 2.70. The highest BCUT2D eigenvalue weighted by atomic mass is 16.5. The topological polar surface area (TPSA) is 79.2 Å². The molecule has 1 aromatic carbocycles. The second-order valence-electron chi connectivity index (χ2n) is 5.59. The zero-order chi connectivity index (χ0) is 15.8. The Hall–Kier alpha value is -2.35. The first-order chi connectivity index (χ1) is 10.7. The van der Waals surface area contributed by atoms with Gasteiger partial charge < -0.3 is 10.1 Å². The largest absolute Gasteiger partial charge is 0.456 e. The lowest BCUT2D eigenvalue weighted by Gasteiger charge is -2.09. The summed E-state index contributed by atoms with van der Waals surface area (Å²) >= 11 is 0. The molecule has 5 heteroatoms. The van der Waals surface area contributed by atoms with E-state index >= 15 is 0 Å². The Balaban J connectivity index is 1.68. The normalized spacial score (nSPS) is 14.3. The molecule has 116 valence electrons. The van der Waals surface area contributed by atoms with Gasteiger partial charge in [-0.25, -0.2) is 0 Å². The molecule has 22 heavy (non-hydrogen) atoms. The van der Waals surface area contributed by atoms with Crippen LogP contribution in [0.1, 0.15) is 44.1 Å². The Labute approximate surface area is 130 Å². The minimum absolute atomic E-state index is 0.291. The maximum Gasteiger partial charge on any atom is 0.306 e. The number of nitrogens with zero attached hydrogens (tertiary/aromatic N) is 1. The van der Waals surface area contributed by atoms with Crippen LogP contribution in [0, 0.1) is 17.2 Å². The van der Waals surface area contributed by atoms with E-state index in [9.17, 15) is 9.59 Å². The average Bonchev–Trinajstić information content (AvgIpc) is 3.04. The van der Waals surface area contributed by atoms with Crippen molar-refractivity contribution in [2.24, 2.45) is 5.92 Å². The van der Waals surface area contributed by atoms with Crippen LogP contribution in [0.4, 0.5) is 5.69 Å². The maximum atomic E-state index is 11.7. The smallest absolute Gasteiger partial charge is 0.306 e. The van der Waals surface area contributed by atoms with Crippen LogP contribution in [0.25, 0.3) is 0 Å². The molecule has 1 amide bonds. The molecule has 5 nitrogen and oxygen atoms in total. The van der Waals surface area contributed by atoms with Gasteiger partial charge in [0.1, 0.15) is 0 Å². The predicted octanol–water partition coefficient (Wildman–Crippen LogP) is 3.01. The molecular weight excluding hydrogens is 280 g/mol. The molecule has 1 saturated carbocycles. The second-order valence-corrected chi connectivity index (χ2v) is 5.59. The van der Waals surface area contributed by atoms with Gasteiger partial charge in [-0.1, -0.05) is 31.7 Å². The lowest BCUT2D eigenvalue weighted by Crippen LogP contribution is -2.21. The number of hydrogen-bond acceptors (Lipinski definition) is 4. The molecule has 0 bridgehead atoms. The van der Waals surface area contributed by atoms with Gasteiger partial charge in [0.2, 0.25) is 0 Å². The average molecular weight is 300 g/mol. The van der Waals surface area contributed by atoms with Crippen LogP contribution in [0.15, 0.2) is 24.3 Å². The van der Waals surface area contributed by atoms with E-state index in [2.05, 4.69) is 5.32 Å². The van der Waals surface area contributed by atoms with Crippen molar-refractivity contribution >= 4 is 17.6 Å². The molecule has 0 aromatic heterocycles. The van der Waals surface area contributed by atoms with Gasteiger partial charge in [-0.3, -0.25) is 9.59 Å². The van der Waals surface area contributed by atoms with E-state index in [-0.39, 0.29) is 12.6 Å². The molecule has 0 heterocycles. The molecule has 0 saturated heterocycles. The van der Waals surface area contributed by atoms with E-state index in [1.807, 2.05) is 6.07 Å². The summed E-state index contributed by atoms with van der Waals surface area (Å²) < 4.78 is 4.98. The Morgan fingerprint density at radius 2 is 2.09 bits per heavy atom. The summed E-state index contributed by atoms with van der Waals surface area (Å²) in [5.41, 5.74) is 0.984. The van der Waals surface area contributed by atoms with Gasteiger partial charge in [-0.15, -0.1) is 0 Å². The molecule has 1 aliphatic rings. The van der Waals surface area contributed by atoms with Gasteiger partial charge in [-0.2, -0.15) is 5.26 Å². The number of benzene rings is 1. The van der Waals surface area contributed by atoms with E-state index in [1.54, 1.807) is 24.3 Å². The number of esters is 1. The zero-order valence-corrected chi connectivity index (χ0v) is 12.5. The van der Waals surface area contributed by atoms with Crippen LogP contribution in [-0.4, -0.2) is 18.5 Å². The van der Waals surface area contributed by atoms with Gasteiger partial charge in [0.25, 0.3) is 5.91 Å². The summed E-state index contributed by atoms with van der Waals surface area (Å²) in [6.45, 7) is -0.291. The Bertz CT molecular complexity index is 572. The molecule has 2 rings (SSSR count). The van der Waals surface area contributed by atoms with Crippen molar-refractivity contribution in [3.05, 3.63) is 29.8 Å². The minimum Gasteiger partial charge on any atom is -0.456 e. The number of nitrogens with one attached hydrogen (secondary N) is 1. The quantitative estimate of drug-likeness (QED) is 0.819. The third-order valence-corrected chi connectivity index (χ3v) is 3.87. The fourth-order valence-corrected chi connectivity index (χ4v) is 2.70. The molecule has 1 N–H and O–H groups in total. The summed E-state index contributed by atoms with van der Waals surface area (Å²) in [4.78, 5) is 23.3. The number of ether oxygens (including phenoxy) is 1. The minimum atomic E-state index is -0.399. The van der Waals surface area contributed by atoms with Crippen LogP contribution >= 0.6 is 0 Å². The van der Waals surface area contributed by atoms with Crippen LogP contribution < -0.4 is 5.32 Å². The first-order valence-electron chi connectivity index (χ1n) is 7.63. The van der Waals surface area contributed by atoms with Crippen molar-refractivity contribution in [3.63, 3.8) is 0 Å². The lowest BCUT2D eigenvalue weighted by molar-refractivity contribution is -0.147. The van der Waals surface area contributed by atoms with Gasteiger partial charge in [0, 0.05) is 12.1 Å². The SMILES string of the molecule is N#Cc1cccc(NC(=O)COC(=O)CCC2CCCC2)c1. The molecule has 1 aromatic rings. The van der Waals surface area contributed by atoms with E-state index in [1.165, 1.54) is 25.7 Å². The molecule has 1 fully saturated rings. The van der Waals surface area contributed by atoms with E-state index in [4.69, 9.17) is 10.00 Å². The molecule has 0 unspecified atom stereocenters. The van der Waals surface area contributed by atoms with Crippen molar-refractivity contribution < 1.29 is 14.3 Å². The number of anilines is 1. The second kappa shape index (κ2) is 8.18. The van der Waals surface area contributed by atoms with Crippen molar-refractivity contribution in [3.8, 4) is 6.07 Å². The summed E-state index contributed by atoms with van der Waals surface area (Å²) in [5, 5.41) is 11.4. The highest BCUT2D eigenvalue weighted by Gasteiger charge is 2.17. The third kappa shape index (κ3) is 5.21. The number of carbonyl (C=O) groups is 2. The van der Waals surface area contributed by atoms with Gasteiger partial charge in [0.15, 0.2) is 6.61 Å². The van der Waals surface area contributed by atoms with Crippen LogP contribution in [-0.2, 0) is 14.3 Å². The Morgan fingerprint density at radius 1 is 1.32 bits per heavy atom. The number of amides is 1. The van der Waals surface area contributed by atoms with E-state index in [0.29, 0.717) is 23.6 Å². The first-order valence-corrected chi connectivity index (χ1v) is 7.63. The molecule has 0 spiro atoms. The number of carbonyl (C=O) groups excluding carboxylic acids is 2. The molecular formula is C17H20N2O3. The number of nitriles is 1. The van der Waals surface area contributed by atoms with E-state index < -0.39 is 5.91 Å². The summed E-state index contributed by atoms with van der Waals surface area (Å²) in [7, 11) is 0. The van der Waals surface area contributed by atoms with Gasteiger partial charge in [0.05, 0.1) is 11.6 Å². The number of rotatable bonds is 6. The van der Waals surface area contributed by atoms with E-state index in [0.717, 1.165) is 6.42 Å². The third-order valence-electron chi connectivity index (χ3n) is 3.87. The van der Waals surface area contributed by atoms with Gasteiger partial charge >= 0.3 is 5.97 Å². The molecule has 0 radical (unpaired) electrons. The predicted molar refractivity (Wildman–Crippen MR) is 81.9 cm³/mol. The summed E-state index contributed by atoms with van der Waals surface area (Å²) in [5.74, 6) is -0.0905. The van der Waals surface area contributed by atoms with Crippen molar-refractivity contribution in [2.45, 2.75) is 38.5 Å². The highest BCUT2D eigenvalue weighted by Crippen LogP contribution is 2.28. The van der Waals surface area contributed by atoms with Crippen LogP contribution in [0.3, 0.4) is 0 Å². The standard InChI is InChI=1S/C17H20N2O3/c18-11-14-6-3-7-15(10-14)19-16(20)12-22-17(21)9-8-13-4-1-2-5-13/h3,6-7,10,13H,1-2,4-5,8-9,12H2,(H,19,20). The Kier molecular flexibility index (Phi) is 5.96. The maximum absolute atomic E-state index is 11.7. The molecule has 1 aliphatic carbocycles. The number of hydrogen-bond donors (Lipinski definition) is 1. The summed E-state index contributed by atoms with van der Waals surface area (Å²) in [6.07, 6.45) is 6.13. The van der Waals surface area contributed by atoms with Crippen molar-refractivity contribution in [1.82, 2.24) is 0 Å². The summed E-state index contributed by atoms with van der Waals surface area (Å²) in [6, 6.07) is 8.58. The van der Waals surface area contributed by atoms with Gasteiger partial charge in [-0.05, 0) is 30.5 Å². The highest BCUT2D eigenvalue weighted by molar-refractivity contribution is 5.92.